The molecular formula is C34H31Cl4FN8. The summed E-state index contributed by atoms with van der Waals surface area (Å²) in [6.07, 6.45) is 5.33. The van der Waals surface area contributed by atoms with Crippen LogP contribution in [0.2, 0.25) is 20.1 Å². The number of fused-ring (bicyclic) bond motifs is 1. The monoisotopic (exact) mass is 710 g/mol. The van der Waals surface area contributed by atoms with Gasteiger partial charge in [0.25, 0.3) is 0 Å². The number of pyridine rings is 1. The highest BCUT2D eigenvalue weighted by molar-refractivity contribution is 6.42. The second-order valence-corrected chi connectivity index (χ2v) is 14.2. The highest BCUT2D eigenvalue weighted by atomic mass is 35.5. The largest absolute Gasteiger partial charge is 0.373 e. The van der Waals surface area contributed by atoms with E-state index >= 15 is 0 Å². The van der Waals surface area contributed by atoms with Gasteiger partial charge in [0, 0.05) is 40.9 Å². The van der Waals surface area contributed by atoms with E-state index in [1.807, 2.05) is 41.2 Å². The molecule has 1 saturated heterocycles. The number of hydrogen-bond donors (Lipinski definition) is 2. The SMILES string of the molecule is CC(C)(C)N1CCC(n2cc(C(Nc3cc(Cl)c4ncc(C#N)c(Nc5cc(Cl)c(Cl)cc5F)c4c3)c3ccc(Cl)cc3)nn2)CC1. The van der Waals surface area contributed by atoms with Crippen molar-refractivity contribution in [2.75, 3.05) is 23.7 Å². The predicted molar refractivity (Wildman–Crippen MR) is 188 cm³/mol. The van der Waals surface area contributed by atoms with Crippen molar-refractivity contribution in [3.63, 3.8) is 0 Å². The van der Waals surface area contributed by atoms with Crippen LogP contribution in [0, 0.1) is 17.1 Å². The summed E-state index contributed by atoms with van der Waals surface area (Å²) in [6, 6.07) is 15.5. The highest BCUT2D eigenvalue weighted by Crippen LogP contribution is 2.38. The van der Waals surface area contributed by atoms with E-state index in [9.17, 15) is 9.65 Å². The molecule has 6 rings (SSSR count). The molecule has 3 heterocycles. The molecule has 13 heteroatoms. The van der Waals surface area contributed by atoms with Crippen LogP contribution in [0.3, 0.4) is 0 Å². The molecule has 5 aromatic rings. The Morgan fingerprint density at radius 3 is 2.36 bits per heavy atom. The molecule has 1 unspecified atom stereocenters. The van der Waals surface area contributed by atoms with Gasteiger partial charge in [0.1, 0.15) is 17.6 Å². The number of benzene rings is 3. The summed E-state index contributed by atoms with van der Waals surface area (Å²) >= 11 is 25.2. The normalized spacial score (nSPS) is 15.0. The van der Waals surface area contributed by atoms with Gasteiger partial charge in [0.05, 0.1) is 55.8 Å². The molecule has 1 atom stereocenters. The van der Waals surface area contributed by atoms with Gasteiger partial charge in [-0.05, 0) is 75.6 Å². The van der Waals surface area contributed by atoms with Gasteiger partial charge in [-0.25, -0.2) is 9.07 Å². The molecular weight excluding hydrogens is 681 g/mol. The molecule has 0 amide bonds. The molecule has 2 aromatic heterocycles. The average molecular weight is 712 g/mol. The maximum absolute atomic E-state index is 14.9. The number of nitrogens with one attached hydrogen (secondary N) is 2. The first-order valence-corrected chi connectivity index (χ1v) is 16.5. The Balaban J connectivity index is 1.37. The Labute approximate surface area is 292 Å². The number of piperidine rings is 1. The minimum Gasteiger partial charge on any atom is -0.373 e. The van der Waals surface area contributed by atoms with Gasteiger partial charge in [-0.2, -0.15) is 5.26 Å². The van der Waals surface area contributed by atoms with E-state index in [1.165, 1.54) is 12.3 Å². The zero-order chi connectivity index (χ0) is 33.5. The smallest absolute Gasteiger partial charge is 0.148 e. The number of nitriles is 1. The summed E-state index contributed by atoms with van der Waals surface area (Å²) in [5.41, 5.74) is 3.32. The minimum atomic E-state index is -0.636. The predicted octanol–water partition coefficient (Wildman–Crippen LogP) is 9.83. The summed E-state index contributed by atoms with van der Waals surface area (Å²) < 4.78 is 16.9. The van der Waals surface area contributed by atoms with Gasteiger partial charge in [-0.3, -0.25) is 9.88 Å². The first-order chi connectivity index (χ1) is 22.4. The summed E-state index contributed by atoms with van der Waals surface area (Å²) in [7, 11) is 0. The number of hydrogen-bond acceptors (Lipinski definition) is 7. The fourth-order valence-electron chi connectivity index (χ4n) is 5.87. The van der Waals surface area contributed by atoms with Gasteiger partial charge in [-0.15, -0.1) is 5.10 Å². The molecule has 47 heavy (non-hydrogen) atoms. The molecule has 242 valence electrons. The Morgan fingerprint density at radius 2 is 1.68 bits per heavy atom. The molecule has 0 spiro atoms. The van der Waals surface area contributed by atoms with Crippen LogP contribution in [0.4, 0.5) is 21.5 Å². The van der Waals surface area contributed by atoms with Crippen molar-refractivity contribution in [1.29, 1.82) is 5.26 Å². The average Bonchev–Trinajstić information content (AvgIpc) is 3.53. The van der Waals surface area contributed by atoms with E-state index in [1.54, 1.807) is 6.07 Å². The first-order valence-electron chi connectivity index (χ1n) is 15.0. The molecule has 1 aliphatic heterocycles. The van der Waals surface area contributed by atoms with E-state index in [-0.39, 0.29) is 32.9 Å². The molecule has 0 bridgehead atoms. The molecule has 8 nitrogen and oxygen atoms in total. The maximum atomic E-state index is 14.9. The fraction of sp³-hybridized carbons (Fsp3) is 0.294. The lowest BCUT2D eigenvalue weighted by atomic mass is 9.98. The molecule has 1 aliphatic rings. The summed E-state index contributed by atoms with van der Waals surface area (Å²) in [5.74, 6) is -0.636. The summed E-state index contributed by atoms with van der Waals surface area (Å²) in [4.78, 5) is 6.92. The van der Waals surface area contributed by atoms with Crippen molar-refractivity contribution >= 4 is 74.4 Å². The van der Waals surface area contributed by atoms with Crippen molar-refractivity contribution in [2.24, 2.45) is 0 Å². The molecule has 0 aliphatic carbocycles. The van der Waals surface area contributed by atoms with E-state index < -0.39 is 11.9 Å². The van der Waals surface area contributed by atoms with Gasteiger partial charge in [0.15, 0.2) is 0 Å². The van der Waals surface area contributed by atoms with Crippen LogP contribution in [0.15, 0.2) is 60.9 Å². The zero-order valence-corrected chi connectivity index (χ0v) is 28.9. The lowest BCUT2D eigenvalue weighted by Crippen LogP contribution is -2.46. The van der Waals surface area contributed by atoms with E-state index in [0.717, 1.165) is 37.6 Å². The number of aromatic nitrogens is 4. The Morgan fingerprint density at radius 1 is 0.979 bits per heavy atom. The maximum Gasteiger partial charge on any atom is 0.148 e. The molecule has 0 saturated carbocycles. The third kappa shape index (κ3) is 7.13. The minimum absolute atomic E-state index is 0.0434. The standard InChI is InChI=1S/C34H31Cl4FN8/c1-34(2,3)46-10-8-23(9-11-46)47-18-30(44-45-47)32(19-4-6-21(35)7-5-19)42-22-12-24-31(20(16-40)17-41-33(24)27(38)13-22)43-29-15-26(37)25(36)14-28(29)39/h4-7,12-15,17-18,23,32,42H,8-11H2,1-3H3,(H,41,43). The van der Waals surface area contributed by atoms with Gasteiger partial charge in [-0.1, -0.05) is 63.7 Å². The summed E-state index contributed by atoms with van der Waals surface area (Å²) in [6.45, 7) is 8.69. The van der Waals surface area contributed by atoms with Gasteiger partial charge < -0.3 is 10.6 Å². The third-order valence-corrected chi connectivity index (χ3v) is 9.70. The molecule has 1 fully saturated rings. The second-order valence-electron chi connectivity index (χ2n) is 12.5. The van der Waals surface area contributed by atoms with Crippen molar-refractivity contribution in [1.82, 2.24) is 24.9 Å². The Hall–Kier alpha value is -3.65. The van der Waals surface area contributed by atoms with Crippen LogP contribution in [0.5, 0.6) is 0 Å². The third-order valence-electron chi connectivity index (χ3n) is 8.44. The van der Waals surface area contributed by atoms with Crippen LogP contribution >= 0.6 is 46.4 Å². The van der Waals surface area contributed by atoms with Gasteiger partial charge in [0.2, 0.25) is 0 Å². The second kappa shape index (κ2) is 13.5. The highest BCUT2D eigenvalue weighted by Gasteiger charge is 2.29. The zero-order valence-electron chi connectivity index (χ0n) is 25.8. The van der Waals surface area contributed by atoms with Gasteiger partial charge >= 0.3 is 0 Å². The topological polar surface area (TPSA) is 94.7 Å². The Kier molecular flexibility index (Phi) is 9.52. The quantitative estimate of drug-likeness (QED) is 0.162. The number of halogens is 5. The molecule has 2 N–H and O–H groups in total. The van der Waals surface area contributed by atoms with Crippen LogP contribution in [-0.4, -0.2) is 43.5 Å². The summed E-state index contributed by atoms with van der Waals surface area (Å²) in [5, 5.41) is 27.3. The van der Waals surface area contributed by atoms with Crippen molar-refractivity contribution in [3.05, 3.63) is 104 Å². The van der Waals surface area contributed by atoms with Crippen LogP contribution in [0.25, 0.3) is 10.9 Å². The fourth-order valence-corrected chi connectivity index (χ4v) is 6.58. The number of likely N-dealkylation sites (tertiary alicyclic amines) is 1. The van der Waals surface area contributed by atoms with Crippen LogP contribution in [0.1, 0.15) is 62.5 Å². The lowest BCUT2D eigenvalue weighted by Gasteiger charge is -2.40. The lowest BCUT2D eigenvalue weighted by molar-refractivity contribution is 0.0866. The van der Waals surface area contributed by atoms with Crippen LogP contribution < -0.4 is 10.6 Å². The number of nitrogens with zero attached hydrogens (tertiary/aromatic N) is 6. The van der Waals surface area contributed by atoms with E-state index in [4.69, 9.17) is 46.4 Å². The Bertz CT molecular complexity index is 1980. The van der Waals surface area contributed by atoms with E-state index in [0.29, 0.717) is 38.0 Å². The first kappa shape index (κ1) is 33.3. The van der Waals surface area contributed by atoms with Crippen molar-refractivity contribution in [2.45, 2.75) is 51.2 Å². The van der Waals surface area contributed by atoms with Crippen molar-refractivity contribution in [3.8, 4) is 6.07 Å². The van der Waals surface area contributed by atoms with E-state index in [2.05, 4.69) is 57.7 Å². The van der Waals surface area contributed by atoms with Crippen molar-refractivity contribution < 1.29 is 4.39 Å². The molecule has 0 radical (unpaired) electrons. The molecule has 3 aromatic carbocycles. The number of anilines is 3. The van der Waals surface area contributed by atoms with Crippen LogP contribution in [-0.2, 0) is 0 Å². The number of rotatable bonds is 7.